The summed E-state index contributed by atoms with van der Waals surface area (Å²) >= 11 is 0. The van der Waals surface area contributed by atoms with Crippen molar-refractivity contribution in [3.05, 3.63) is 0 Å². The molecule has 0 spiro atoms. The second-order valence-electron chi connectivity index (χ2n) is 4.68. The highest BCUT2D eigenvalue weighted by Crippen LogP contribution is 2.19. The van der Waals surface area contributed by atoms with E-state index in [1.165, 1.54) is 12.8 Å². The van der Waals surface area contributed by atoms with Crippen LogP contribution in [0.5, 0.6) is 0 Å². The second kappa shape index (κ2) is 4.94. The van der Waals surface area contributed by atoms with Gasteiger partial charge in [0, 0.05) is 6.04 Å². The summed E-state index contributed by atoms with van der Waals surface area (Å²) in [5, 5.41) is 15.7. The molecule has 86 valence electrons. The van der Waals surface area contributed by atoms with Gasteiger partial charge in [0.1, 0.15) is 0 Å². The van der Waals surface area contributed by atoms with Gasteiger partial charge in [-0.3, -0.25) is 4.79 Å². The molecule has 4 heteroatoms. The van der Waals surface area contributed by atoms with Crippen molar-refractivity contribution in [2.75, 3.05) is 6.54 Å². The Balaban J connectivity index is 1.66. The number of nitrogens with one attached hydrogen (secondary N) is 2. The first-order valence-electron chi connectivity index (χ1n) is 5.96. The smallest absolute Gasteiger partial charge is 0.234 e. The number of carbonyl (C=O) groups is 1. The molecule has 0 aromatic carbocycles. The summed E-state index contributed by atoms with van der Waals surface area (Å²) in [4.78, 5) is 11.5. The number of hydrogen-bond acceptors (Lipinski definition) is 3. The number of amides is 1. The molecule has 2 aliphatic rings. The minimum atomic E-state index is -0.344. The Kier molecular flexibility index (Phi) is 3.59. The van der Waals surface area contributed by atoms with E-state index in [0.717, 1.165) is 25.7 Å². The van der Waals surface area contributed by atoms with E-state index in [2.05, 4.69) is 10.6 Å². The molecule has 2 aliphatic carbocycles. The maximum Gasteiger partial charge on any atom is 0.234 e. The maximum absolute atomic E-state index is 11.5. The molecular formula is C11H20N2O2. The zero-order chi connectivity index (χ0) is 10.7. The lowest BCUT2D eigenvalue weighted by Gasteiger charge is -2.28. The fourth-order valence-corrected chi connectivity index (χ4v) is 2.06. The van der Waals surface area contributed by atoms with Gasteiger partial charge in [0.25, 0.3) is 0 Å². The zero-order valence-corrected chi connectivity index (χ0v) is 9.04. The molecule has 4 nitrogen and oxygen atoms in total. The molecule has 0 aromatic heterocycles. The third-order valence-electron chi connectivity index (χ3n) is 3.20. The molecule has 0 aliphatic heterocycles. The molecule has 0 bridgehead atoms. The molecule has 15 heavy (non-hydrogen) atoms. The van der Waals surface area contributed by atoms with Crippen molar-refractivity contribution in [3.63, 3.8) is 0 Å². The molecule has 0 radical (unpaired) electrons. The minimum absolute atomic E-state index is 0.0211. The van der Waals surface area contributed by atoms with Crippen molar-refractivity contribution in [3.8, 4) is 0 Å². The molecule has 2 atom stereocenters. The number of carbonyl (C=O) groups excluding carboxylic acids is 1. The van der Waals surface area contributed by atoms with E-state index in [0.29, 0.717) is 12.6 Å². The first kappa shape index (κ1) is 10.9. The van der Waals surface area contributed by atoms with Gasteiger partial charge in [0.05, 0.1) is 18.7 Å². The molecule has 3 N–H and O–H groups in total. The van der Waals surface area contributed by atoms with Gasteiger partial charge in [-0.15, -0.1) is 0 Å². The largest absolute Gasteiger partial charge is 0.391 e. The quantitative estimate of drug-likeness (QED) is 0.622. The van der Waals surface area contributed by atoms with Crippen LogP contribution in [0.4, 0.5) is 0 Å². The summed E-state index contributed by atoms with van der Waals surface area (Å²) in [6.45, 7) is 0.397. The molecule has 2 rings (SSSR count). The first-order chi connectivity index (χ1) is 7.25. The highest BCUT2D eigenvalue weighted by atomic mass is 16.3. The van der Waals surface area contributed by atoms with E-state index >= 15 is 0 Å². The number of hydrogen-bond donors (Lipinski definition) is 3. The van der Waals surface area contributed by atoms with Crippen molar-refractivity contribution >= 4 is 5.91 Å². The summed E-state index contributed by atoms with van der Waals surface area (Å²) in [6.07, 6.45) is 5.96. The van der Waals surface area contributed by atoms with Gasteiger partial charge in [0.2, 0.25) is 5.91 Å². The molecule has 2 saturated carbocycles. The third kappa shape index (κ3) is 3.47. The summed E-state index contributed by atoms with van der Waals surface area (Å²) in [6, 6.07) is 0.541. The van der Waals surface area contributed by atoms with Crippen LogP contribution in [0.15, 0.2) is 0 Å². The second-order valence-corrected chi connectivity index (χ2v) is 4.68. The topological polar surface area (TPSA) is 61.4 Å². The molecule has 0 heterocycles. The van der Waals surface area contributed by atoms with Crippen LogP contribution in [0.3, 0.4) is 0 Å². The van der Waals surface area contributed by atoms with Crippen LogP contribution >= 0.6 is 0 Å². The van der Waals surface area contributed by atoms with Crippen LogP contribution in [0, 0.1) is 0 Å². The van der Waals surface area contributed by atoms with Crippen LogP contribution in [-0.2, 0) is 4.79 Å². The Bertz CT molecular complexity index is 229. The van der Waals surface area contributed by atoms with E-state index < -0.39 is 0 Å². The van der Waals surface area contributed by atoms with Crippen molar-refractivity contribution in [1.82, 2.24) is 10.6 Å². The Labute approximate surface area is 90.4 Å². The first-order valence-corrected chi connectivity index (χ1v) is 5.96. The van der Waals surface area contributed by atoms with E-state index in [9.17, 15) is 9.90 Å². The zero-order valence-electron chi connectivity index (χ0n) is 9.04. The lowest BCUT2D eigenvalue weighted by molar-refractivity contribution is -0.122. The van der Waals surface area contributed by atoms with E-state index in [1.807, 2.05) is 0 Å². The van der Waals surface area contributed by atoms with E-state index in [4.69, 9.17) is 0 Å². The average Bonchev–Trinajstić information content (AvgIpc) is 3.02. The van der Waals surface area contributed by atoms with Crippen molar-refractivity contribution < 1.29 is 9.90 Å². The van der Waals surface area contributed by atoms with Crippen molar-refractivity contribution in [2.45, 2.75) is 56.7 Å². The molecule has 0 saturated heterocycles. The van der Waals surface area contributed by atoms with Gasteiger partial charge in [-0.25, -0.2) is 0 Å². The standard InChI is InChI=1S/C11H20N2O2/c14-10-4-2-1-3-9(10)13-11(15)7-12-8-5-6-8/h8-10,12,14H,1-7H2,(H,13,15)/t9-,10-/m0/s1. The normalized spacial score (nSPS) is 31.3. The van der Waals surface area contributed by atoms with Crippen LogP contribution in [0.25, 0.3) is 0 Å². The maximum atomic E-state index is 11.5. The lowest BCUT2D eigenvalue weighted by atomic mass is 9.92. The van der Waals surface area contributed by atoms with Gasteiger partial charge in [0.15, 0.2) is 0 Å². The van der Waals surface area contributed by atoms with Gasteiger partial charge < -0.3 is 15.7 Å². The summed E-state index contributed by atoms with van der Waals surface area (Å²) in [5.74, 6) is 0.0212. The highest BCUT2D eigenvalue weighted by Gasteiger charge is 2.25. The molecule has 0 aromatic rings. The monoisotopic (exact) mass is 212 g/mol. The van der Waals surface area contributed by atoms with Crippen LogP contribution < -0.4 is 10.6 Å². The van der Waals surface area contributed by atoms with E-state index in [-0.39, 0.29) is 18.1 Å². The minimum Gasteiger partial charge on any atom is -0.391 e. The van der Waals surface area contributed by atoms with E-state index in [1.54, 1.807) is 0 Å². The van der Waals surface area contributed by atoms with Crippen molar-refractivity contribution in [1.29, 1.82) is 0 Å². The predicted octanol–water partition coefficient (Wildman–Crippen LogP) is 0.158. The van der Waals surface area contributed by atoms with Gasteiger partial charge >= 0.3 is 0 Å². The van der Waals surface area contributed by atoms with Crippen LogP contribution in [0.2, 0.25) is 0 Å². The summed E-state index contributed by atoms with van der Waals surface area (Å²) in [5.41, 5.74) is 0. The fraction of sp³-hybridized carbons (Fsp3) is 0.909. The van der Waals surface area contributed by atoms with Crippen LogP contribution in [0.1, 0.15) is 38.5 Å². The SMILES string of the molecule is O=C(CNC1CC1)N[C@H]1CCCC[C@@H]1O. The summed E-state index contributed by atoms with van der Waals surface area (Å²) in [7, 11) is 0. The Hall–Kier alpha value is -0.610. The average molecular weight is 212 g/mol. The third-order valence-corrected chi connectivity index (χ3v) is 3.20. The molecule has 0 unspecified atom stereocenters. The Morgan fingerprint density at radius 2 is 1.93 bits per heavy atom. The molecule has 2 fully saturated rings. The fourth-order valence-electron chi connectivity index (χ4n) is 2.06. The number of aliphatic hydroxyl groups excluding tert-OH is 1. The molecular weight excluding hydrogens is 192 g/mol. The predicted molar refractivity (Wildman–Crippen MR) is 57.4 cm³/mol. The number of aliphatic hydroxyl groups is 1. The van der Waals surface area contributed by atoms with Gasteiger partial charge in [-0.2, -0.15) is 0 Å². The summed E-state index contributed by atoms with van der Waals surface area (Å²) < 4.78 is 0. The van der Waals surface area contributed by atoms with Gasteiger partial charge in [-0.05, 0) is 25.7 Å². The lowest BCUT2D eigenvalue weighted by Crippen LogP contribution is -2.47. The van der Waals surface area contributed by atoms with Crippen molar-refractivity contribution in [2.24, 2.45) is 0 Å². The number of rotatable bonds is 4. The highest BCUT2D eigenvalue weighted by molar-refractivity contribution is 5.78. The Morgan fingerprint density at radius 3 is 2.60 bits per heavy atom. The van der Waals surface area contributed by atoms with Crippen LogP contribution in [-0.4, -0.2) is 35.7 Å². The molecule has 1 amide bonds. The Morgan fingerprint density at radius 1 is 1.20 bits per heavy atom. The van der Waals surface area contributed by atoms with Gasteiger partial charge in [-0.1, -0.05) is 12.8 Å².